The lowest BCUT2D eigenvalue weighted by Crippen LogP contribution is -2.48. The molecular formula is C20H19NO2. The summed E-state index contributed by atoms with van der Waals surface area (Å²) in [6.07, 6.45) is 4.46. The summed E-state index contributed by atoms with van der Waals surface area (Å²) in [7, 11) is 0. The Morgan fingerprint density at radius 2 is 1.74 bits per heavy atom. The molecule has 3 heteroatoms. The van der Waals surface area contributed by atoms with Gasteiger partial charge in [0, 0.05) is 11.3 Å². The van der Waals surface area contributed by atoms with Crippen LogP contribution < -0.4 is 0 Å². The summed E-state index contributed by atoms with van der Waals surface area (Å²) >= 11 is 0. The lowest BCUT2D eigenvalue weighted by atomic mass is 9.57. The molecule has 2 aromatic carbocycles. The van der Waals surface area contributed by atoms with E-state index in [1.54, 1.807) is 12.1 Å². The van der Waals surface area contributed by atoms with E-state index in [4.69, 9.17) is 4.84 Å². The second-order valence-electron chi connectivity index (χ2n) is 6.47. The van der Waals surface area contributed by atoms with E-state index in [9.17, 15) is 4.79 Å². The molecule has 4 rings (SSSR count). The van der Waals surface area contributed by atoms with Gasteiger partial charge >= 0.3 is 5.97 Å². The molecule has 2 unspecified atom stereocenters. The summed E-state index contributed by atoms with van der Waals surface area (Å²) in [4.78, 5) is 17.2. The van der Waals surface area contributed by atoms with Gasteiger partial charge in [-0.3, -0.25) is 0 Å². The fourth-order valence-electron chi connectivity index (χ4n) is 4.13. The Labute approximate surface area is 136 Å². The molecule has 0 amide bonds. The van der Waals surface area contributed by atoms with Crippen molar-refractivity contribution in [3.63, 3.8) is 0 Å². The molecule has 0 spiro atoms. The Kier molecular flexibility index (Phi) is 3.49. The van der Waals surface area contributed by atoms with Crippen molar-refractivity contribution < 1.29 is 9.63 Å². The molecule has 2 aromatic rings. The molecule has 23 heavy (non-hydrogen) atoms. The summed E-state index contributed by atoms with van der Waals surface area (Å²) in [5.74, 6) is 0.0433. The Hall–Kier alpha value is -2.42. The second kappa shape index (κ2) is 5.65. The largest absolute Gasteiger partial charge is 0.365 e. The lowest BCUT2D eigenvalue weighted by Gasteiger charge is -2.46. The van der Waals surface area contributed by atoms with Crippen LogP contribution in [0.25, 0.3) is 0 Å². The van der Waals surface area contributed by atoms with Crippen LogP contribution in [-0.2, 0) is 10.3 Å². The summed E-state index contributed by atoms with van der Waals surface area (Å²) in [6.45, 7) is 0. The Morgan fingerprint density at radius 1 is 1.04 bits per heavy atom. The van der Waals surface area contributed by atoms with Crippen LogP contribution in [0.2, 0.25) is 0 Å². The SMILES string of the molecule is O=C(O/N=C1/CC2(c3ccccc3)CCCC12)c1ccccc1. The maximum atomic E-state index is 12.0. The molecule has 2 aliphatic rings. The molecule has 0 bridgehead atoms. The van der Waals surface area contributed by atoms with Crippen LogP contribution in [0.15, 0.2) is 65.8 Å². The van der Waals surface area contributed by atoms with Crippen LogP contribution in [-0.4, -0.2) is 11.7 Å². The average molecular weight is 305 g/mol. The normalized spacial score (nSPS) is 27.3. The van der Waals surface area contributed by atoms with Gasteiger partial charge in [0.15, 0.2) is 0 Å². The minimum atomic E-state index is -0.381. The Bertz CT molecular complexity index is 739. The molecule has 3 nitrogen and oxygen atoms in total. The highest BCUT2D eigenvalue weighted by molar-refractivity contribution is 5.97. The van der Waals surface area contributed by atoms with Crippen LogP contribution in [0.5, 0.6) is 0 Å². The first-order valence-corrected chi connectivity index (χ1v) is 8.18. The van der Waals surface area contributed by atoms with E-state index in [1.165, 1.54) is 18.4 Å². The lowest BCUT2D eigenvalue weighted by molar-refractivity contribution is 0.0504. The van der Waals surface area contributed by atoms with Crippen molar-refractivity contribution >= 4 is 11.7 Å². The average Bonchev–Trinajstić information content (AvgIpc) is 2.94. The van der Waals surface area contributed by atoms with Crippen LogP contribution in [0, 0.1) is 5.92 Å². The fourth-order valence-corrected chi connectivity index (χ4v) is 4.13. The standard InChI is InChI=1S/C20H19NO2/c22-19(15-8-3-1-4-9-15)23-21-18-14-20(13-7-12-17(18)20)16-10-5-2-6-11-16/h1-6,8-11,17H,7,12-14H2/b21-18-. The van der Waals surface area contributed by atoms with Gasteiger partial charge in [-0.15, -0.1) is 0 Å². The molecule has 2 saturated carbocycles. The summed E-state index contributed by atoms with van der Waals surface area (Å²) in [6, 6.07) is 19.7. The van der Waals surface area contributed by atoms with Gasteiger partial charge in [-0.05, 0) is 37.0 Å². The molecule has 0 heterocycles. The van der Waals surface area contributed by atoms with Crippen molar-refractivity contribution in [1.82, 2.24) is 0 Å². The number of benzene rings is 2. The van der Waals surface area contributed by atoms with E-state index in [0.29, 0.717) is 11.5 Å². The van der Waals surface area contributed by atoms with Gasteiger partial charge in [-0.2, -0.15) is 0 Å². The molecule has 116 valence electrons. The molecular weight excluding hydrogens is 286 g/mol. The van der Waals surface area contributed by atoms with Gasteiger partial charge in [0.1, 0.15) is 0 Å². The van der Waals surface area contributed by atoms with Gasteiger partial charge in [0.05, 0.1) is 11.3 Å². The van der Waals surface area contributed by atoms with Gasteiger partial charge in [-0.25, -0.2) is 4.79 Å². The van der Waals surface area contributed by atoms with Crippen molar-refractivity contribution in [3.8, 4) is 0 Å². The number of nitrogens with zero attached hydrogens (tertiary/aromatic N) is 1. The van der Waals surface area contributed by atoms with E-state index in [0.717, 1.165) is 18.6 Å². The third-order valence-electron chi connectivity index (χ3n) is 5.29. The monoisotopic (exact) mass is 305 g/mol. The van der Waals surface area contributed by atoms with E-state index in [1.807, 2.05) is 18.2 Å². The van der Waals surface area contributed by atoms with Gasteiger partial charge in [-0.1, -0.05) is 60.1 Å². The van der Waals surface area contributed by atoms with Crippen molar-refractivity contribution in [1.29, 1.82) is 0 Å². The number of rotatable bonds is 3. The molecule has 0 aromatic heterocycles. The zero-order valence-corrected chi connectivity index (χ0v) is 12.9. The zero-order chi connectivity index (χ0) is 15.7. The van der Waals surface area contributed by atoms with E-state index in [2.05, 4.69) is 35.5 Å². The third kappa shape index (κ3) is 2.37. The van der Waals surface area contributed by atoms with Crippen molar-refractivity contribution in [2.45, 2.75) is 31.1 Å². The van der Waals surface area contributed by atoms with Crippen LogP contribution in [0.3, 0.4) is 0 Å². The number of carbonyl (C=O) groups excluding carboxylic acids is 1. The van der Waals surface area contributed by atoms with E-state index < -0.39 is 0 Å². The minimum absolute atomic E-state index is 0.221. The van der Waals surface area contributed by atoms with Gasteiger partial charge < -0.3 is 4.84 Å². The van der Waals surface area contributed by atoms with Crippen LogP contribution in [0.1, 0.15) is 41.6 Å². The molecule has 2 aliphatic carbocycles. The molecule has 0 saturated heterocycles. The maximum Gasteiger partial charge on any atom is 0.365 e. The van der Waals surface area contributed by atoms with Gasteiger partial charge in [0.2, 0.25) is 0 Å². The smallest absolute Gasteiger partial charge is 0.313 e. The summed E-state index contributed by atoms with van der Waals surface area (Å²) in [5.41, 5.74) is 3.20. The van der Waals surface area contributed by atoms with Crippen molar-refractivity contribution in [2.24, 2.45) is 11.1 Å². The number of fused-ring (bicyclic) bond motifs is 1. The highest BCUT2D eigenvalue weighted by atomic mass is 16.7. The zero-order valence-electron chi connectivity index (χ0n) is 12.9. The maximum absolute atomic E-state index is 12.0. The van der Waals surface area contributed by atoms with E-state index >= 15 is 0 Å². The predicted molar refractivity (Wildman–Crippen MR) is 89.4 cm³/mol. The molecule has 2 fully saturated rings. The van der Waals surface area contributed by atoms with Crippen molar-refractivity contribution in [3.05, 3.63) is 71.8 Å². The van der Waals surface area contributed by atoms with Crippen LogP contribution >= 0.6 is 0 Å². The molecule has 0 aliphatic heterocycles. The van der Waals surface area contributed by atoms with Crippen LogP contribution in [0.4, 0.5) is 0 Å². The Balaban J connectivity index is 1.49. The fraction of sp³-hybridized carbons (Fsp3) is 0.300. The summed E-state index contributed by atoms with van der Waals surface area (Å²) < 4.78 is 0. The number of oxime groups is 1. The topological polar surface area (TPSA) is 38.7 Å². The first kappa shape index (κ1) is 14.2. The van der Waals surface area contributed by atoms with Crippen molar-refractivity contribution in [2.75, 3.05) is 0 Å². The number of hydrogen-bond acceptors (Lipinski definition) is 3. The van der Waals surface area contributed by atoms with E-state index in [-0.39, 0.29) is 11.4 Å². The molecule has 0 radical (unpaired) electrons. The molecule has 2 atom stereocenters. The first-order valence-electron chi connectivity index (χ1n) is 8.18. The Morgan fingerprint density at radius 3 is 2.48 bits per heavy atom. The highest BCUT2D eigenvalue weighted by Crippen LogP contribution is 2.57. The van der Waals surface area contributed by atoms with Gasteiger partial charge in [0.25, 0.3) is 0 Å². The predicted octanol–water partition coefficient (Wildman–Crippen LogP) is 4.34. The number of carbonyl (C=O) groups is 1. The molecule has 0 N–H and O–H groups in total. The third-order valence-corrected chi connectivity index (χ3v) is 5.29. The summed E-state index contributed by atoms with van der Waals surface area (Å²) in [5, 5.41) is 4.19. The highest BCUT2D eigenvalue weighted by Gasteiger charge is 2.55. The second-order valence-corrected chi connectivity index (χ2v) is 6.47. The quantitative estimate of drug-likeness (QED) is 0.625. The minimum Gasteiger partial charge on any atom is -0.313 e. The first-order chi connectivity index (χ1) is 11.3. The number of hydrogen-bond donors (Lipinski definition) is 0.